The van der Waals surface area contributed by atoms with E-state index >= 15 is 0 Å². The van der Waals surface area contributed by atoms with E-state index in [2.05, 4.69) is 4.74 Å². The molecule has 1 amide bonds. The van der Waals surface area contributed by atoms with Gasteiger partial charge in [0.15, 0.2) is 0 Å². The molecule has 1 saturated heterocycles. The summed E-state index contributed by atoms with van der Waals surface area (Å²) < 4.78 is 82.9. The predicted octanol–water partition coefficient (Wildman–Crippen LogP) is 2.36. The van der Waals surface area contributed by atoms with Crippen LogP contribution in [0.1, 0.15) is 16.5 Å². The fourth-order valence-electron chi connectivity index (χ4n) is 1.38. The summed E-state index contributed by atoms with van der Waals surface area (Å²) in [5.74, 6) is -0.970. The van der Waals surface area contributed by atoms with Crippen LogP contribution >= 0.6 is 11.6 Å². The highest BCUT2D eigenvalue weighted by Gasteiger charge is 2.22. The molecule has 1 aliphatic rings. The third-order valence-electron chi connectivity index (χ3n) is 2.31. The molecule has 0 spiro atoms. The van der Waals surface area contributed by atoms with Gasteiger partial charge in [0.1, 0.15) is 5.82 Å². The van der Waals surface area contributed by atoms with Gasteiger partial charge in [-0.25, -0.2) is 9.18 Å². The Bertz CT molecular complexity index is 736. The summed E-state index contributed by atoms with van der Waals surface area (Å²) in [7, 11) is 0.827. The number of hydrogen-bond donors (Lipinski definition) is 0. The van der Waals surface area contributed by atoms with Crippen molar-refractivity contribution >= 4 is 17.7 Å². The second-order valence-corrected chi connectivity index (χ2v) is 3.96. The van der Waals surface area contributed by atoms with Crippen LogP contribution in [0.15, 0.2) is 18.2 Å². The Labute approximate surface area is 127 Å². The second-order valence-electron chi connectivity index (χ2n) is 3.55. The Balaban J connectivity index is 2.65. The lowest BCUT2D eigenvalue weighted by molar-refractivity contribution is 0.0885. The van der Waals surface area contributed by atoms with Crippen LogP contribution in [-0.2, 0) is 11.3 Å². The number of nitrogens with zero attached hydrogens (tertiary/aromatic N) is 2. The molecule has 0 atom stereocenters. The normalized spacial score (nSPS) is 33.3. The van der Waals surface area contributed by atoms with Crippen molar-refractivity contribution in [1.29, 1.82) is 0 Å². The lowest BCUT2D eigenvalue weighted by atomic mass is 10.2. The van der Waals surface area contributed by atoms with Crippen LogP contribution in [0.4, 0.5) is 9.18 Å². The van der Waals surface area contributed by atoms with E-state index in [1.807, 2.05) is 0 Å². The van der Waals surface area contributed by atoms with E-state index in [0.717, 1.165) is 7.11 Å². The molecule has 1 heterocycles. The van der Waals surface area contributed by atoms with Crippen molar-refractivity contribution < 1.29 is 24.9 Å². The monoisotopic (exact) mass is 294 g/mol. The van der Waals surface area contributed by atoms with Crippen molar-refractivity contribution in [2.24, 2.45) is 0 Å². The maximum Gasteiger partial charge on any atom is 0.409 e. The summed E-state index contributed by atoms with van der Waals surface area (Å²) >= 11 is 5.67. The summed E-state index contributed by atoms with van der Waals surface area (Å²) in [5, 5.41) is -0.312. The van der Waals surface area contributed by atoms with E-state index in [-0.39, 0.29) is 20.4 Å². The zero-order chi connectivity index (χ0) is 21.0. The molecule has 1 aliphatic heterocycles. The highest BCUT2D eigenvalue weighted by molar-refractivity contribution is 6.30. The average molecular weight is 295 g/mol. The number of ether oxygens (including phenoxy) is 1. The molecule has 0 radical (unpaired) electrons. The van der Waals surface area contributed by atoms with Gasteiger partial charge in [0.25, 0.3) is 0 Å². The van der Waals surface area contributed by atoms with E-state index in [1.165, 1.54) is 18.2 Å². The molecule has 104 valence electrons. The summed E-state index contributed by atoms with van der Waals surface area (Å²) in [6, 6.07) is 3.74. The number of hydrogen-bond acceptors (Lipinski definition) is 3. The Morgan fingerprint density at radius 2 is 2.16 bits per heavy atom. The Morgan fingerprint density at radius 1 is 1.47 bits per heavy atom. The number of halogens is 2. The van der Waals surface area contributed by atoms with Gasteiger partial charge < -0.3 is 9.64 Å². The maximum absolute atomic E-state index is 14.2. The van der Waals surface area contributed by atoms with Gasteiger partial charge in [0.05, 0.1) is 17.6 Å². The van der Waals surface area contributed by atoms with E-state index < -0.39 is 44.4 Å². The van der Waals surface area contributed by atoms with Crippen LogP contribution < -0.4 is 0 Å². The molecule has 1 fully saturated rings. The molecule has 0 unspecified atom stereocenters. The second kappa shape index (κ2) is 6.21. The number of methoxy groups -OCH3 is 1. The molecular formula is C13H16ClFN2O2. The van der Waals surface area contributed by atoms with Gasteiger partial charge >= 0.3 is 6.09 Å². The largest absolute Gasteiger partial charge is 0.453 e. The lowest BCUT2D eigenvalue weighted by Crippen LogP contribution is -2.48. The molecule has 0 aliphatic carbocycles. The van der Waals surface area contributed by atoms with Crippen LogP contribution in [0, 0.1) is 5.82 Å². The first-order chi connectivity index (χ1) is 12.1. The third-order valence-corrected chi connectivity index (χ3v) is 2.60. The molecule has 1 aromatic carbocycles. The zero-order valence-corrected chi connectivity index (χ0v) is 10.7. The molecule has 19 heavy (non-hydrogen) atoms. The Kier molecular flexibility index (Phi) is 2.26. The van der Waals surface area contributed by atoms with Crippen LogP contribution in [0.3, 0.4) is 0 Å². The van der Waals surface area contributed by atoms with E-state index in [0.29, 0.717) is 0 Å². The van der Waals surface area contributed by atoms with Crippen molar-refractivity contribution in [2.45, 2.75) is 6.54 Å². The first-order valence-corrected chi connectivity index (χ1v) is 5.60. The third kappa shape index (κ3) is 3.36. The summed E-state index contributed by atoms with van der Waals surface area (Å²) in [5.41, 5.74) is -0.270. The predicted molar refractivity (Wildman–Crippen MR) is 70.7 cm³/mol. The van der Waals surface area contributed by atoms with Gasteiger partial charge in [0.2, 0.25) is 0 Å². The minimum atomic E-state index is -3.36. The molecule has 0 bridgehead atoms. The summed E-state index contributed by atoms with van der Waals surface area (Å²) in [4.78, 5) is 11.9. The highest BCUT2D eigenvalue weighted by Crippen LogP contribution is 2.19. The van der Waals surface area contributed by atoms with Gasteiger partial charge in [-0.2, -0.15) is 0 Å². The van der Waals surface area contributed by atoms with Crippen LogP contribution in [-0.4, -0.2) is 49.0 Å². The molecule has 0 saturated carbocycles. The van der Waals surface area contributed by atoms with E-state index in [1.54, 1.807) is 0 Å². The van der Waals surface area contributed by atoms with E-state index in [4.69, 9.17) is 22.6 Å². The topological polar surface area (TPSA) is 32.8 Å². The molecular weight excluding hydrogens is 271 g/mol. The standard InChI is InChI=1S/C13H16ClFN2O2/c1-19-13(18)17-7-5-16(6-8-17)9-10-3-2-4-11(14)12(10)15/h2-4H,5-9H2,1H3/i5D2,6D2,7D2,8D2. The first kappa shape index (κ1) is 6.90. The maximum atomic E-state index is 14.2. The SMILES string of the molecule is [2H]C1([2H])N(Cc2cccc(Cl)c2F)C([2H])([2H])C([2H])([2H])N(C(=O)OC)C1([2H])[2H]. The first-order valence-electron chi connectivity index (χ1n) is 9.23. The smallest absolute Gasteiger partial charge is 0.409 e. The quantitative estimate of drug-likeness (QED) is 0.839. The zero-order valence-electron chi connectivity index (χ0n) is 17.9. The fourth-order valence-corrected chi connectivity index (χ4v) is 1.57. The van der Waals surface area contributed by atoms with Crippen molar-refractivity contribution in [2.75, 3.05) is 33.1 Å². The summed E-state index contributed by atoms with van der Waals surface area (Å²) in [6.45, 7) is -14.1. The van der Waals surface area contributed by atoms with Crippen LogP contribution in [0.5, 0.6) is 0 Å². The minimum Gasteiger partial charge on any atom is -0.453 e. The molecule has 1 aromatic rings. The number of benzene rings is 1. The fraction of sp³-hybridized carbons (Fsp3) is 0.462. The number of carbonyl (C=O) groups excluding carboxylic acids is 1. The average Bonchev–Trinajstić information content (AvgIpc) is 2.53. The van der Waals surface area contributed by atoms with Crippen LogP contribution in [0.2, 0.25) is 5.02 Å². The van der Waals surface area contributed by atoms with Crippen LogP contribution in [0.25, 0.3) is 0 Å². The molecule has 2 rings (SSSR count). The number of rotatable bonds is 2. The van der Waals surface area contributed by atoms with Gasteiger partial charge in [-0.1, -0.05) is 23.7 Å². The molecule has 6 heteroatoms. The highest BCUT2D eigenvalue weighted by atomic mass is 35.5. The van der Waals surface area contributed by atoms with Crippen molar-refractivity contribution in [1.82, 2.24) is 9.80 Å². The number of piperazine rings is 1. The van der Waals surface area contributed by atoms with Crippen molar-refractivity contribution in [3.63, 3.8) is 0 Å². The van der Waals surface area contributed by atoms with Crippen molar-refractivity contribution in [3.8, 4) is 0 Å². The van der Waals surface area contributed by atoms with Gasteiger partial charge in [-0.3, -0.25) is 4.90 Å². The van der Waals surface area contributed by atoms with Gasteiger partial charge in [-0.15, -0.1) is 0 Å². The van der Waals surface area contributed by atoms with Gasteiger partial charge in [-0.05, 0) is 6.07 Å². The van der Waals surface area contributed by atoms with Gasteiger partial charge in [0, 0.05) is 43.6 Å². The minimum absolute atomic E-state index is 0.189. The Morgan fingerprint density at radius 3 is 2.79 bits per heavy atom. The molecule has 0 N–H and O–H groups in total. The summed E-state index contributed by atoms with van der Waals surface area (Å²) in [6.07, 6.45) is -1.59. The number of carbonyl (C=O) groups is 1. The Hall–Kier alpha value is -1.33. The molecule has 4 nitrogen and oxygen atoms in total. The van der Waals surface area contributed by atoms with Crippen molar-refractivity contribution in [3.05, 3.63) is 34.6 Å². The van der Waals surface area contributed by atoms with E-state index in [9.17, 15) is 9.18 Å². The molecule has 0 aromatic heterocycles. The lowest BCUT2D eigenvalue weighted by Gasteiger charge is -2.33. The number of amides is 1.